The maximum atomic E-state index is 11.2. The summed E-state index contributed by atoms with van der Waals surface area (Å²) in [6.45, 7) is 2.04. The van der Waals surface area contributed by atoms with Crippen molar-refractivity contribution >= 4 is 17.5 Å². The van der Waals surface area contributed by atoms with E-state index in [0.29, 0.717) is 5.78 Å². The molecule has 0 aromatic rings. The summed E-state index contributed by atoms with van der Waals surface area (Å²) in [5.74, 6) is 2.30. The van der Waals surface area contributed by atoms with E-state index in [0.717, 1.165) is 24.5 Å². The van der Waals surface area contributed by atoms with E-state index >= 15 is 0 Å². The van der Waals surface area contributed by atoms with Crippen LogP contribution in [0.15, 0.2) is 0 Å². The zero-order chi connectivity index (χ0) is 7.40. The molecule has 0 saturated carbocycles. The molecule has 0 aromatic carbocycles. The zero-order valence-corrected chi connectivity index (χ0v) is 7.04. The summed E-state index contributed by atoms with van der Waals surface area (Å²) in [4.78, 5) is 11.2. The largest absolute Gasteiger partial charge is 0.298 e. The van der Waals surface area contributed by atoms with E-state index in [9.17, 15) is 4.79 Å². The Kier molecular flexibility index (Phi) is 3.22. The van der Waals surface area contributed by atoms with Crippen LogP contribution in [-0.2, 0) is 4.79 Å². The Morgan fingerprint density at radius 2 is 2.60 bits per heavy atom. The molecule has 0 bridgehead atoms. The standard InChI is InChI=1S/C7H13NOS/c1-2-3-7(9)6-4-10-5-8-6/h6,8H,2-5H2,1H3. The predicted molar refractivity (Wildman–Crippen MR) is 44.2 cm³/mol. The van der Waals surface area contributed by atoms with Gasteiger partial charge in [-0.15, -0.1) is 11.8 Å². The Morgan fingerprint density at radius 1 is 1.80 bits per heavy atom. The smallest absolute Gasteiger partial charge is 0.150 e. The van der Waals surface area contributed by atoms with Crippen LogP contribution >= 0.6 is 11.8 Å². The Morgan fingerprint density at radius 3 is 3.10 bits per heavy atom. The molecule has 1 rings (SSSR count). The van der Waals surface area contributed by atoms with E-state index in [-0.39, 0.29) is 6.04 Å². The van der Waals surface area contributed by atoms with Crippen LogP contribution in [0.1, 0.15) is 19.8 Å². The molecule has 1 atom stereocenters. The molecule has 0 aliphatic carbocycles. The maximum absolute atomic E-state index is 11.2. The topological polar surface area (TPSA) is 29.1 Å². The van der Waals surface area contributed by atoms with Crippen LogP contribution in [-0.4, -0.2) is 23.5 Å². The van der Waals surface area contributed by atoms with E-state index in [2.05, 4.69) is 5.32 Å². The number of Topliss-reactive ketones (excluding diaryl/α,β-unsaturated/α-hetero) is 1. The summed E-state index contributed by atoms with van der Waals surface area (Å²) in [6.07, 6.45) is 1.71. The van der Waals surface area contributed by atoms with Gasteiger partial charge < -0.3 is 0 Å². The van der Waals surface area contributed by atoms with Gasteiger partial charge in [0.25, 0.3) is 0 Å². The van der Waals surface area contributed by atoms with Crippen molar-refractivity contribution in [1.82, 2.24) is 5.32 Å². The van der Waals surface area contributed by atoms with Crippen LogP contribution < -0.4 is 5.32 Å². The third-order valence-corrected chi connectivity index (χ3v) is 2.54. The fraction of sp³-hybridized carbons (Fsp3) is 0.857. The first kappa shape index (κ1) is 8.08. The van der Waals surface area contributed by atoms with Gasteiger partial charge in [0.2, 0.25) is 0 Å². The second kappa shape index (κ2) is 3.98. The minimum atomic E-state index is 0.157. The molecule has 1 N–H and O–H groups in total. The molecule has 1 fully saturated rings. The van der Waals surface area contributed by atoms with E-state index in [1.807, 2.05) is 6.92 Å². The van der Waals surface area contributed by atoms with Crippen molar-refractivity contribution in [3.05, 3.63) is 0 Å². The van der Waals surface area contributed by atoms with Gasteiger partial charge >= 0.3 is 0 Å². The Hall–Kier alpha value is -0.0200. The highest BCUT2D eigenvalue weighted by Gasteiger charge is 2.20. The minimum absolute atomic E-state index is 0.157. The Balaban J connectivity index is 2.25. The number of rotatable bonds is 3. The second-order valence-electron chi connectivity index (χ2n) is 2.49. The van der Waals surface area contributed by atoms with Crippen molar-refractivity contribution in [2.75, 3.05) is 11.6 Å². The van der Waals surface area contributed by atoms with Crippen LogP contribution in [0.5, 0.6) is 0 Å². The Labute approximate surface area is 65.8 Å². The first-order valence-corrected chi connectivity index (χ1v) is 4.84. The molecule has 0 aromatic heterocycles. The summed E-state index contributed by atoms with van der Waals surface area (Å²) in [6, 6.07) is 0.157. The summed E-state index contributed by atoms with van der Waals surface area (Å²) < 4.78 is 0. The molecule has 1 saturated heterocycles. The number of ketones is 1. The van der Waals surface area contributed by atoms with Crippen molar-refractivity contribution in [1.29, 1.82) is 0 Å². The number of carbonyl (C=O) groups is 1. The number of hydrogen-bond donors (Lipinski definition) is 1. The van der Waals surface area contributed by atoms with Gasteiger partial charge in [-0.1, -0.05) is 6.92 Å². The average Bonchev–Trinajstić information content (AvgIpc) is 2.38. The van der Waals surface area contributed by atoms with Crippen molar-refractivity contribution in [3.63, 3.8) is 0 Å². The van der Waals surface area contributed by atoms with Crippen LogP contribution in [0.3, 0.4) is 0 Å². The number of hydrogen-bond acceptors (Lipinski definition) is 3. The van der Waals surface area contributed by atoms with E-state index in [4.69, 9.17) is 0 Å². The van der Waals surface area contributed by atoms with E-state index in [1.165, 1.54) is 0 Å². The molecule has 0 spiro atoms. The molecule has 58 valence electrons. The highest BCUT2D eigenvalue weighted by Crippen LogP contribution is 2.11. The van der Waals surface area contributed by atoms with Crippen molar-refractivity contribution < 1.29 is 4.79 Å². The highest BCUT2D eigenvalue weighted by molar-refractivity contribution is 7.99. The van der Waals surface area contributed by atoms with Gasteiger partial charge in [0.1, 0.15) is 0 Å². The van der Waals surface area contributed by atoms with Gasteiger partial charge in [-0.25, -0.2) is 0 Å². The summed E-state index contributed by atoms with van der Waals surface area (Å²) in [7, 11) is 0. The fourth-order valence-electron chi connectivity index (χ4n) is 1.02. The zero-order valence-electron chi connectivity index (χ0n) is 6.22. The monoisotopic (exact) mass is 159 g/mol. The lowest BCUT2D eigenvalue weighted by Gasteiger charge is -2.05. The SMILES string of the molecule is CCCC(=O)C1CSCN1. The van der Waals surface area contributed by atoms with Gasteiger partial charge in [-0.3, -0.25) is 10.1 Å². The molecule has 1 aliphatic heterocycles. The summed E-state index contributed by atoms with van der Waals surface area (Å²) in [5, 5.41) is 3.15. The van der Waals surface area contributed by atoms with E-state index < -0.39 is 0 Å². The minimum Gasteiger partial charge on any atom is -0.298 e. The molecule has 1 aliphatic rings. The predicted octanol–water partition coefficient (Wildman–Crippen LogP) is 1.02. The quantitative estimate of drug-likeness (QED) is 0.666. The van der Waals surface area contributed by atoms with Crippen LogP contribution in [0.25, 0.3) is 0 Å². The van der Waals surface area contributed by atoms with Crippen molar-refractivity contribution in [2.24, 2.45) is 0 Å². The lowest BCUT2D eigenvalue weighted by molar-refractivity contribution is -0.120. The molecule has 10 heavy (non-hydrogen) atoms. The van der Waals surface area contributed by atoms with Gasteiger partial charge in [0.05, 0.1) is 6.04 Å². The van der Waals surface area contributed by atoms with E-state index in [1.54, 1.807) is 11.8 Å². The first-order valence-electron chi connectivity index (χ1n) is 3.68. The second-order valence-corrected chi connectivity index (χ2v) is 3.52. The van der Waals surface area contributed by atoms with Gasteiger partial charge in [-0.05, 0) is 6.42 Å². The highest BCUT2D eigenvalue weighted by atomic mass is 32.2. The van der Waals surface area contributed by atoms with Gasteiger partial charge in [0.15, 0.2) is 5.78 Å². The summed E-state index contributed by atoms with van der Waals surface area (Å²) >= 11 is 1.80. The average molecular weight is 159 g/mol. The number of nitrogens with one attached hydrogen (secondary N) is 1. The van der Waals surface area contributed by atoms with Gasteiger partial charge in [0, 0.05) is 18.1 Å². The fourth-order valence-corrected chi connectivity index (χ4v) is 2.00. The third kappa shape index (κ3) is 1.99. The number of thioether (sulfide) groups is 1. The molecule has 2 nitrogen and oxygen atoms in total. The van der Waals surface area contributed by atoms with Crippen molar-refractivity contribution in [3.8, 4) is 0 Å². The molecular weight excluding hydrogens is 146 g/mol. The van der Waals surface area contributed by atoms with Crippen molar-refractivity contribution in [2.45, 2.75) is 25.8 Å². The van der Waals surface area contributed by atoms with Crippen LogP contribution in [0, 0.1) is 0 Å². The van der Waals surface area contributed by atoms with Gasteiger partial charge in [-0.2, -0.15) is 0 Å². The van der Waals surface area contributed by atoms with Crippen LogP contribution in [0.2, 0.25) is 0 Å². The first-order chi connectivity index (χ1) is 4.84. The number of carbonyl (C=O) groups excluding carboxylic acids is 1. The maximum Gasteiger partial charge on any atom is 0.150 e. The Bertz CT molecular complexity index is 121. The molecule has 1 heterocycles. The molecule has 1 unspecified atom stereocenters. The molecule has 0 radical (unpaired) electrons. The third-order valence-electron chi connectivity index (χ3n) is 1.60. The summed E-state index contributed by atoms with van der Waals surface area (Å²) in [5.41, 5.74) is 0. The lowest BCUT2D eigenvalue weighted by atomic mass is 10.1. The van der Waals surface area contributed by atoms with Crippen LogP contribution in [0.4, 0.5) is 0 Å². The normalized spacial score (nSPS) is 25.1. The lowest BCUT2D eigenvalue weighted by Crippen LogP contribution is -2.32. The molecular formula is C7H13NOS. The molecule has 0 amide bonds. The molecule has 3 heteroatoms.